The van der Waals surface area contributed by atoms with Gasteiger partial charge in [0.25, 0.3) is 0 Å². The number of ketones is 1. The first-order chi connectivity index (χ1) is 12.7. The van der Waals surface area contributed by atoms with E-state index in [1.165, 1.54) is 0 Å². The molecule has 4 nitrogen and oxygen atoms in total. The zero-order chi connectivity index (χ0) is 17.7. The minimum atomic E-state index is -0.567. The standard InChI is InChI=1S/C21H19ClN2O2/c22-13-5-6-18-15(11-13)16(12-24-18)19(25)20-14-3-1-2-4-17(14)21(26-20)7-9-23-10-8-21/h1-6,11-12,20,23-24H,7-10H2/t20-/m1/s1. The number of piperidine rings is 1. The Morgan fingerprint density at radius 3 is 2.81 bits per heavy atom. The van der Waals surface area contributed by atoms with Crippen molar-refractivity contribution < 1.29 is 9.53 Å². The highest BCUT2D eigenvalue weighted by atomic mass is 35.5. The lowest BCUT2D eigenvalue weighted by atomic mass is 9.84. The van der Waals surface area contributed by atoms with Gasteiger partial charge in [0.15, 0.2) is 5.78 Å². The molecule has 2 N–H and O–H groups in total. The van der Waals surface area contributed by atoms with E-state index in [0.717, 1.165) is 48.0 Å². The third-order valence-electron chi connectivity index (χ3n) is 5.64. The molecule has 3 aromatic rings. The van der Waals surface area contributed by atoms with Gasteiger partial charge in [0.05, 0.1) is 5.60 Å². The lowest BCUT2D eigenvalue weighted by Crippen LogP contribution is -2.40. The van der Waals surface area contributed by atoms with E-state index in [0.29, 0.717) is 10.6 Å². The third-order valence-corrected chi connectivity index (χ3v) is 5.87. The summed E-state index contributed by atoms with van der Waals surface area (Å²) in [7, 11) is 0. The Hall–Kier alpha value is -2.14. The fraction of sp³-hybridized carbons (Fsp3) is 0.286. The third kappa shape index (κ3) is 2.33. The van der Waals surface area contributed by atoms with Crippen LogP contribution in [-0.4, -0.2) is 23.9 Å². The van der Waals surface area contributed by atoms with E-state index in [4.69, 9.17) is 16.3 Å². The number of aromatic nitrogens is 1. The number of hydrogen-bond donors (Lipinski definition) is 2. The minimum Gasteiger partial charge on any atom is -0.360 e. The van der Waals surface area contributed by atoms with Crippen LogP contribution in [0.4, 0.5) is 0 Å². The molecule has 5 heteroatoms. The van der Waals surface area contributed by atoms with E-state index in [1.54, 1.807) is 6.20 Å². The molecule has 0 saturated carbocycles. The van der Waals surface area contributed by atoms with Crippen molar-refractivity contribution in [3.8, 4) is 0 Å². The van der Waals surface area contributed by atoms with Gasteiger partial charge in [-0.05, 0) is 55.3 Å². The van der Waals surface area contributed by atoms with Gasteiger partial charge in [-0.25, -0.2) is 0 Å². The first-order valence-electron chi connectivity index (χ1n) is 8.97. The van der Waals surface area contributed by atoms with Crippen LogP contribution in [0.15, 0.2) is 48.7 Å². The molecule has 1 saturated heterocycles. The molecule has 3 heterocycles. The van der Waals surface area contributed by atoms with E-state index in [9.17, 15) is 4.79 Å². The van der Waals surface area contributed by atoms with Crippen molar-refractivity contribution in [2.45, 2.75) is 24.5 Å². The fourth-order valence-corrected chi connectivity index (χ4v) is 4.52. The van der Waals surface area contributed by atoms with Gasteiger partial charge >= 0.3 is 0 Å². The lowest BCUT2D eigenvalue weighted by molar-refractivity contribution is -0.0805. The Kier molecular flexibility index (Phi) is 3.67. The van der Waals surface area contributed by atoms with Crippen molar-refractivity contribution in [1.29, 1.82) is 0 Å². The number of hydrogen-bond acceptors (Lipinski definition) is 3. The summed E-state index contributed by atoms with van der Waals surface area (Å²) in [5.74, 6) is -0.0126. The summed E-state index contributed by atoms with van der Waals surface area (Å²) >= 11 is 6.15. The normalized spacial score (nSPS) is 21.2. The number of carbonyl (C=O) groups is 1. The zero-order valence-corrected chi connectivity index (χ0v) is 15.0. The summed E-state index contributed by atoms with van der Waals surface area (Å²) in [6, 6.07) is 13.7. The molecule has 2 aromatic carbocycles. The van der Waals surface area contributed by atoms with E-state index >= 15 is 0 Å². The van der Waals surface area contributed by atoms with Crippen LogP contribution in [-0.2, 0) is 10.3 Å². The van der Waals surface area contributed by atoms with Crippen molar-refractivity contribution in [3.63, 3.8) is 0 Å². The second-order valence-electron chi connectivity index (χ2n) is 7.09. The van der Waals surface area contributed by atoms with Crippen molar-refractivity contribution in [2.75, 3.05) is 13.1 Å². The molecule has 1 fully saturated rings. The Morgan fingerprint density at radius 1 is 1.15 bits per heavy atom. The maximum Gasteiger partial charge on any atom is 0.198 e. The largest absolute Gasteiger partial charge is 0.360 e. The molecule has 1 aromatic heterocycles. The number of carbonyl (C=O) groups excluding carboxylic acids is 1. The van der Waals surface area contributed by atoms with Crippen molar-refractivity contribution in [2.24, 2.45) is 0 Å². The van der Waals surface area contributed by atoms with Gasteiger partial charge in [0.2, 0.25) is 0 Å². The number of aromatic amines is 1. The first kappa shape index (κ1) is 16.1. The number of halogens is 1. The van der Waals surface area contributed by atoms with Crippen LogP contribution >= 0.6 is 11.6 Å². The van der Waals surface area contributed by atoms with Crippen molar-refractivity contribution in [1.82, 2.24) is 10.3 Å². The second kappa shape index (κ2) is 5.95. The van der Waals surface area contributed by atoms with Gasteiger partial charge in [-0.3, -0.25) is 4.79 Å². The van der Waals surface area contributed by atoms with Crippen LogP contribution < -0.4 is 5.32 Å². The molecule has 0 unspecified atom stereocenters. The number of nitrogens with one attached hydrogen (secondary N) is 2. The number of fused-ring (bicyclic) bond motifs is 3. The minimum absolute atomic E-state index is 0.0126. The maximum atomic E-state index is 13.4. The molecule has 1 atom stereocenters. The highest BCUT2D eigenvalue weighted by molar-refractivity contribution is 6.31. The summed E-state index contributed by atoms with van der Waals surface area (Å²) in [6.07, 6.45) is 2.96. The second-order valence-corrected chi connectivity index (χ2v) is 7.52. The smallest absolute Gasteiger partial charge is 0.198 e. The molecule has 132 valence electrons. The summed E-state index contributed by atoms with van der Waals surface area (Å²) in [5, 5.41) is 4.85. The van der Waals surface area contributed by atoms with Gasteiger partial charge in [-0.15, -0.1) is 0 Å². The molecule has 1 spiro atoms. The molecule has 2 aliphatic rings. The van der Waals surface area contributed by atoms with Crippen LogP contribution in [0.1, 0.15) is 40.4 Å². The molecule has 0 amide bonds. The van der Waals surface area contributed by atoms with E-state index in [-0.39, 0.29) is 11.4 Å². The van der Waals surface area contributed by atoms with Gasteiger partial charge in [0, 0.05) is 27.7 Å². The van der Waals surface area contributed by atoms with Crippen molar-refractivity contribution in [3.05, 3.63) is 70.4 Å². The van der Waals surface area contributed by atoms with Crippen LogP contribution in [0, 0.1) is 0 Å². The van der Waals surface area contributed by atoms with Gasteiger partial charge in [-0.2, -0.15) is 0 Å². The monoisotopic (exact) mass is 366 g/mol. The van der Waals surface area contributed by atoms with Crippen LogP contribution in [0.5, 0.6) is 0 Å². The highest BCUT2D eigenvalue weighted by Gasteiger charge is 2.47. The van der Waals surface area contributed by atoms with E-state index < -0.39 is 6.10 Å². The topological polar surface area (TPSA) is 54.1 Å². The van der Waals surface area contributed by atoms with Gasteiger partial charge in [0.1, 0.15) is 6.10 Å². The number of Topliss-reactive ketones (excluding diaryl/α,β-unsaturated/α-hetero) is 1. The Balaban J connectivity index is 1.59. The highest BCUT2D eigenvalue weighted by Crippen LogP contribution is 2.49. The van der Waals surface area contributed by atoms with Gasteiger partial charge < -0.3 is 15.0 Å². The Bertz CT molecular complexity index is 1000. The summed E-state index contributed by atoms with van der Waals surface area (Å²) in [4.78, 5) is 16.6. The number of benzene rings is 2. The quantitative estimate of drug-likeness (QED) is 0.663. The number of rotatable bonds is 2. The molecule has 2 aliphatic heterocycles. The van der Waals surface area contributed by atoms with Crippen LogP contribution in [0.3, 0.4) is 0 Å². The van der Waals surface area contributed by atoms with Crippen molar-refractivity contribution >= 4 is 28.3 Å². The first-order valence-corrected chi connectivity index (χ1v) is 9.35. The molecule has 0 bridgehead atoms. The van der Waals surface area contributed by atoms with Crippen LogP contribution in [0.2, 0.25) is 5.02 Å². The molecule has 26 heavy (non-hydrogen) atoms. The summed E-state index contributed by atoms with van der Waals surface area (Å²) < 4.78 is 6.49. The maximum absolute atomic E-state index is 13.4. The number of ether oxygens (including phenoxy) is 1. The fourth-order valence-electron chi connectivity index (χ4n) is 4.34. The predicted molar refractivity (Wildman–Crippen MR) is 102 cm³/mol. The Labute approximate surface area is 156 Å². The molecule has 0 aliphatic carbocycles. The Morgan fingerprint density at radius 2 is 1.96 bits per heavy atom. The number of H-pyrrole nitrogens is 1. The molecule has 0 radical (unpaired) electrons. The van der Waals surface area contributed by atoms with Gasteiger partial charge in [-0.1, -0.05) is 35.9 Å². The van der Waals surface area contributed by atoms with E-state index in [2.05, 4.69) is 16.4 Å². The molecule has 5 rings (SSSR count). The van der Waals surface area contributed by atoms with Crippen LogP contribution in [0.25, 0.3) is 10.9 Å². The molecular formula is C21H19ClN2O2. The average Bonchev–Trinajstić information content (AvgIpc) is 3.22. The summed E-state index contributed by atoms with van der Waals surface area (Å²) in [6.45, 7) is 1.80. The molecular weight excluding hydrogens is 348 g/mol. The van der Waals surface area contributed by atoms with E-state index in [1.807, 2.05) is 36.4 Å². The predicted octanol–water partition coefficient (Wildman–Crippen LogP) is 4.35. The lowest BCUT2D eigenvalue weighted by Gasteiger charge is -2.34. The summed E-state index contributed by atoms with van der Waals surface area (Å²) in [5.41, 5.74) is 3.34. The zero-order valence-electron chi connectivity index (χ0n) is 14.2. The average molecular weight is 367 g/mol. The SMILES string of the molecule is O=C(c1c[nH]c2ccc(Cl)cc12)[C@@H]1OC2(CCNCC2)c2ccccc21.